The molecule has 142 valence electrons. The lowest BCUT2D eigenvalue weighted by Gasteiger charge is -2.30. The van der Waals surface area contributed by atoms with Gasteiger partial charge in [0.15, 0.2) is 5.78 Å². The quantitative estimate of drug-likeness (QED) is 0.749. The predicted molar refractivity (Wildman–Crippen MR) is 111 cm³/mol. The third-order valence-electron chi connectivity index (χ3n) is 5.04. The van der Waals surface area contributed by atoms with Crippen LogP contribution in [0.1, 0.15) is 28.4 Å². The molecule has 28 heavy (non-hydrogen) atoms. The van der Waals surface area contributed by atoms with Crippen LogP contribution in [-0.2, 0) is 16.0 Å². The van der Waals surface area contributed by atoms with Gasteiger partial charge in [0.25, 0.3) is 0 Å². The molecule has 2 heterocycles. The molecule has 2 aliphatic heterocycles. The average molecular weight is 392 g/mol. The van der Waals surface area contributed by atoms with E-state index in [4.69, 9.17) is 0 Å². The maximum Gasteiger partial charge on any atom is 0.247 e. The third kappa shape index (κ3) is 3.47. The summed E-state index contributed by atoms with van der Waals surface area (Å²) in [4.78, 5) is 40.5. The standard InChI is InChI=1S/C22H20N2O3S/c1-15(25)17-7-8-19-18(11-17)9-10-23(19)21(26)12-24-20(13-28-14-22(24)27)16-5-3-2-4-6-16/h2-8,11,13H,9-10,12,14H2,1H3. The van der Waals surface area contributed by atoms with Gasteiger partial charge in [0.1, 0.15) is 6.54 Å². The van der Waals surface area contributed by atoms with Gasteiger partial charge in [-0.05, 0) is 48.1 Å². The molecule has 4 rings (SSSR count). The lowest BCUT2D eigenvalue weighted by atomic mass is 10.1. The number of hydrogen-bond acceptors (Lipinski definition) is 4. The Hall–Kier alpha value is -2.86. The van der Waals surface area contributed by atoms with Crippen LogP contribution in [0.2, 0.25) is 0 Å². The van der Waals surface area contributed by atoms with Gasteiger partial charge in [0.05, 0.1) is 11.4 Å². The number of hydrogen-bond donors (Lipinski definition) is 0. The number of carbonyl (C=O) groups excluding carboxylic acids is 3. The number of carbonyl (C=O) groups is 3. The summed E-state index contributed by atoms with van der Waals surface area (Å²) < 4.78 is 0. The second-order valence-corrected chi connectivity index (χ2v) is 7.71. The summed E-state index contributed by atoms with van der Waals surface area (Å²) in [7, 11) is 0. The Balaban J connectivity index is 1.57. The fourth-order valence-electron chi connectivity index (χ4n) is 3.57. The van der Waals surface area contributed by atoms with Crippen molar-refractivity contribution in [2.75, 3.05) is 23.7 Å². The molecule has 0 aromatic heterocycles. The van der Waals surface area contributed by atoms with E-state index in [1.54, 1.807) is 15.9 Å². The highest BCUT2D eigenvalue weighted by molar-refractivity contribution is 8.03. The van der Waals surface area contributed by atoms with Gasteiger partial charge in [-0.25, -0.2) is 0 Å². The van der Waals surface area contributed by atoms with Gasteiger partial charge in [-0.2, -0.15) is 0 Å². The van der Waals surface area contributed by atoms with Gasteiger partial charge in [-0.1, -0.05) is 30.3 Å². The molecular weight excluding hydrogens is 372 g/mol. The monoisotopic (exact) mass is 392 g/mol. The minimum Gasteiger partial charge on any atom is -0.310 e. The minimum absolute atomic E-state index is 0.00796. The summed E-state index contributed by atoms with van der Waals surface area (Å²) >= 11 is 1.45. The molecule has 0 aliphatic carbocycles. The first kappa shape index (κ1) is 18.5. The molecule has 0 atom stereocenters. The van der Waals surface area contributed by atoms with Crippen LogP contribution in [0.5, 0.6) is 0 Å². The summed E-state index contributed by atoms with van der Waals surface area (Å²) in [5, 5.41) is 1.95. The van der Waals surface area contributed by atoms with Crippen molar-refractivity contribution in [3.63, 3.8) is 0 Å². The van der Waals surface area contributed by atoms with Crippen LogP contribution in [-0.4, -0.2) is 41.3 Å². The van der Waals surface area contributed by atoms with Gasteiger partial charge in [-0.15, -0.1) is 11.8 Å². The van der Waals surface area contributed by atoms with Crippen molar-refractivity contribution in [3.05, 3.63) is 70.6 Å². The smallest absolute Gasteiger partial charge is 0.247 e. The van der Waals surface area contributed by atoms with Crippen molar-refractivity contribution in [1.29, 1.82) is 0 Å². The molecule has 5 nitrogen and oxygen atoms in total. The first-order valence-corrected chi connectivity index (χ1v) is 10.2. The predicted octanol–water partition coefficient (Wildman–Crippen LogP) is 3.35. The molecule has 0 saturated carbocycles. The fourth-order valence-corrected chi connectivity index (χ4v) is 4.38. The maximum atomic E-state index is 13.0. The largest absolute Gasteiger partial charge is 0.310 e. The molecule has 6 heteroatoms. The van der Waals surface area contributed by atoms with Crippen LogP contribution < -0.4 is 4.90 Å². The van der Waals surface area contributed by atoms with Crippen molar-refractivity contribution >= 4 is 40.7 Å². The molecule has 0 bridgehead atoms. The average Bonchev–Trinajstić information content (AvgIpc) is 3.13. The number of thioether (sulfide) groups is 1. The van der Waals surface area contributed by atoms with Crippen molar-refractivity contribution in [2.45, 2.75) is 13.3 Å². The Bertz CT molecular complexity index is 985. The highest BCUT2D eigenvalue weighted by atomic mass is 32.2. The lowest BCUT2D eigenvalue weighted by Crippen LogP contribution is -2.43. The molecule has 2 aliphatic rings. The van der Waals surface area contributed by atoms with E-state index < -0.39 is 0 Å². The first-order valence-electron chi connectivity index (χ1n) is 9.16. The SMILES string of the molecule is CC(=O)c1ccc2c(c1)CCN2C(=O)CN1C(=O)CSC=C1c1ccccc1. The van der Waals surface area contributed by atoms with Crippen LogP contribution in [0.4, 0.5) is 5.69 Å². The summed E-state index contributed by atoms with van der Waals surface area (Å²) in [6, 6.07) is 15.1. The molecular formula is C22H20N2O3S. The number of amides is 2. The van der Waals surface area contributed by atoms with Crippen molar-refractivity contribution in [1.82, 2.24) is 4.90 Å². The topological polar surface area (TPSA) is 57.7 Å². The summed E-state index contributed by atoms with van der Waals surface area (Å²) in [5.41, 5.74) is 4.18. The Labute approximate surface area is 168 Å². The van der Waals surface area contributed by atoms with Gasteiger partial charge < -0.3 is 9.80 Å². The zero-order valence-electron chi connectivity index (χ0n) is 15.6. The highest BCUT2D eigenvalue weighted by Gasteiger charge is 2.30. The summed E-state index contributed by atoms with van der Waals surface area (Å²) in [6.45, 7) is 2.11. The summed E-state index contributed by atoms with van der Waals surface area (Å²) in [6.07, 6.45) is 0.716. The zero-order chi connectivity index (χ0) is 19.7. The van der Waals surface area contributed by atoms with Crippen LogP contribution in [0.15, 0.2) is 53.9 Å². The normalized spacial score (nSPS) is 16.0. The summed E-state index contributed by atoms with van der Waals surface area (Å²) in [5.74, 6) is 0.173. The van der Waals surface area contributed by atoms with Crippen molar-refractivity contribution in [2.24, 2.45) is 0 Å². The van der Waals surface area contributed by atoms with E-state index in [9.17, 15) is 14.4 Å². The number of Topliss-reactive ketones (excluding diaryl/α,β-unsaturated/α-hetero) is 1. The van der Waals surface area contributed by atoms with Crippen LogP contribution in [0, 0.1) is 0 Å². The molecule has 0 unspecified atom stereocenters. The van der Waals surface area contributed by atoms with Crippen LogP contribution in [0.3, 0.4) is 0 Å². The maximum absolute atomic E-state index is 13.0. The molecule has 2 aromatic carbocycles. The number of fused-ring (bicyclic) bond motifs is 1. The van der Waals surface area contributed by atoms with Gasteiger partial charge in [-0.3, -0.25) is 14.4 Å². The van der Waals surface area contributed by atoms with Gasteiger partial charge in [0.2, 0.25) is 11.8 Å². The van der Waals surface area contributed by atoms with Crippen molar-refractivity contribution < 1.29 is 14.4 Å². The Kier molecular flexibility index (Phi) is 5.05. The van der Waals surface area contributed by atoms with Crippen LogP contribution >= 0.6 is 11.8 Å². The molecule has 0 N–H and O–H groups in total. The van der Waals surface area contributed by atoms with E-state index in [1.807, 2.05) is 47.9 Å². The number of ketones is 1. The van der Waals surface area contributed by atoms with Gasteiger partial charge >= 0.3 is 0 Å². The van der Waals surface area contributed by atoms with Crippen molar-refractivity contribution in [3.8, 4) is 0 Å². The zero-order valence-corrected chi connectivity index (χ0v) is 16.4. The van der Waals surface area contributed by atoms with E-state index >= 15 is 0 Å². The number of benzene rings is 2. The number of anilines is 1. The van der Waals surface area contributed by atoms with E-state index in [2.05, 4.69) is 0 Å². The second-order valence-electron chi connectivity index (χ2n) is 6.86. The number of nitrogens with zero attached hydrogens (tertiary/aromatic N) is 2. The van der Waals surface area contributed by atoms with Crippen LogP contribution in [0.25, 0.3) is 5.70 Å². The second kappa shape index (κ2) is 7.64. The molecule has 2 amide bonds. The minimum atomic E-state index is -0.114. The van der Waals surface area contributed by atoms with E-state index in [1.165, 1.54) is 18.7 Å². The Morgan fingerprint density at radius 3 is 2.64 bits per heavy atom. The van der Waals surface area contributed by atoms with E-state index in [0.29, 0.717) is 24.3 Å². The molecule has 0 radical (unpaired) electrons. The highest BCUT2D eigenvalue weighted by Crippen LogP contribution is 2.31. The van der Waals surface area contributed by atoms with E-state index in [0.717, 1.165) is 22.5 Å². The van der Waals surface area contributed by atoms with E-state index in [-0.39, 0.29) is 24.1 Å². The molecule has 0 fully saturated rings. The third-order valence-corrected chi connectivity index (χ3v) is 5.84. The number of rotatable bonds is 4. The lowest BCUT2D eigenvalue weighted by molar-refractivity contribution is -0.130. The van der Waals surface area contributed by atoms with Gasteiger partial charge in [0, 0.05) is 17.8 Å². The fraction of sp³-hybridized carbons (Fsp3) is 0.227. The Morgan fingerprint density at radius 1 is 1.11 bits per heavy atom. The molecule has 0 spiro atoms. The first-order chi connectivity index (χ1) is 13.5. The molecule has 2 aromatic rings. The Morgan fingerprint density at radius 2 is 1.89 bits per heavy atom. The molecule has 0 saturated heterocycles.